The van der Waals surface area contributed by atoms with Gasteiger partial charge in [-0.05, 0) is 29.0 Å². The van der Waals surface area contributed by atoms with Gasteiger partial charge >= 0.3 is 0 Å². The molecule has 3 rings (SSSR count). The minimum atomic E-state index is -0.184. The largest absolute Gasteiger partial charge is 0.334 e. The summed E-state index contributed by atoms with van der Waals surface area (Å²) in [5.41, 5.74) is 0.640. The van der Waals surface area contributed by atoms with E-state index >= 15 is 0 Å². The molecule has 7 nitrogen and oxygen atoms in total. The highest BCUT2D eigenvalue weighted by Crippen LogP contribution is 2.18. The van der Waals surface area contributed by atoms with Crippen LogP contribution in [0.25, 0.3) is 10.9 Å². The van der Waals surface area contributed by atoms with E-state index in [1.54, 1.807) is 34.3 Å². The summed E-state index contributed by atoms with van der Waals surface area (Å²) >= 11 is 3.17. The SMILES string of the molecule is Cn1nnnc1SCCCSc1nc(=O)c2ccccc2[nH]1. The van der Waals surface area contributed by atoms with Gasteiger partial charge in [0.1, 0.15) is 0 Å². The first-order valence-corrected chi connectivity index (χ1v) is 8.68. The average molecular weight is 334 g/mol. The molecular weight excluding hydrogens is 320 g/mol. The number of benzene rings is 1. The van der Waals surface area contributed by atoms with Gasteiger partial charge in [-0.15, -0.1) is 5.10 Å². The molecule has 1 aromatic carbocycles. The van der Waals surface area contributed by atoms with Gasteiger partial charge in [0.25, 0.3) is 5.56 Å². The molecule has 9 heteroatoms. The van der Waals surface area contributed by atoms with Gasteiger partial charge in [0, 0.05) is 18.6 Å². The highest BCUT2D eigenvalue weighted by Gasteiger charge is 2.05. The molecule has 0 aliphatic carbocycles. The summed E-state index contributed by atoms with van der Waals surface area (Å²) in [7, 11) is 1.82. The van der Waals surface area contributed by atoms with Crippen LogP contribution in [0.15, 0.2) is 39.4 Å². The molecule has 0 saturated heterocycles. The number of tetrazole rings is 1. The molecule has 3 aromatic rings. The number of rotatable bonds is 6. The van der Waals surface area contributed by atoms with Crippen LogP contribution in [-0.4, -0.2) is 41.7 Å². The molecule has 0 aliphatic heterocycles. The predicted molar refractivity (Wildman–Crippen MR) is 87.2 cm³/mol. The number of nitrogens with one attached hydrogen (secondary N) is 1. The van der Waals surface area contributed by atoms with E-state index in [1.165, 1.54) is 0 Å². The monoisotopic (exact) mass is 334 g/mol. The van der Waals surface area contributed by atoms with Crippen LogP contribution < -0.4 is 5.56 Å². The van der Waals surface area contributed by atoms with Crippen molar-refractivity contribution in [2.24, 2.45) is 7.05 Å². The first-order valence-electron chi connectivity index (χ1n) is 6.71. The lowest BCUT2D eigenvalue weighted by Gasteiger charge is -2.03. The lowest BCUT2D eigenvalue weighted by Crippen LogP contribution is -2.09. The van der Waals surface area contributed by atoms with Crippen LogP contribution >= 0.6 is 23.5 Å². The van der Waals surface area contributed by atoms with Crippen LogP contribution in [0.2, 0.25) is 0 Å². The van der Waals surface area contributed by atoms with E-state index in [4.69, 9.17) is 0 Å². The number of thioether (sulfide) groups is 2. The van der Waals surface area contributed by atoms with E-state index in [2.05, 4.69) is 25.5 Å². The molecule has 0 atom stereocenters. The summed E-state index contributed by atoms with van der Waals surface area (Å²) in [5, 5.41) is 13.4. The summed E-state index contributed by atoms with van der Waals surface area (Å²) in [6.45, 7) is 0. The first-order chi connectivity index (χ1) is 10.7. The second-order valence-corrected chi connectivity index (χ2v) is 6.67. The van der Waals surface area contributed by atoms with Gasteiger partial charge < -0.3 is 4.98 Å². The van der Waals surface area contributed by atoms with Gasteiger partial charge in [-0.1, -0.05) is 35.7 Å². The lowest BCUT2D eigenvalue weighted by molar-refractivity contribution is 0.664. The van der Waals surface area contributed by atoms with Crippen LogP contribution in [0.3, 0.4) is 0 Å². The smallest absolute Gasteiger partial charge is 0.281 e. The zero-order chi connectivity index (χ0) is 15.4. The fraction of sp³-hybridized carbons (Fsp3) is 0.308. The Kier molecular flexibility index (Phi) is 4.74. The van der Waals surface area contributed by atoms with Crippen molar-refractivity contribution in [1.29, 1.82) is 0 Å². The van der Waals surface area contributed by atoms with E-state index in [0.29, 0.717) is 10.5 Å². The van der Waals surface area contributed by atoms with E-state index in [0.717, 1.165) is 28.6 Å². The highest BCUT2D eigenvalue weighted by molar-refractivity contribution is 8.00. The zero-order valence-corrected chi connectivity index (χ0v) is 13.5. The van der Waals surface area contributed by atoms with Crippen molar-refractivity contribution in [3.8, 4) is 0 Å². The number of nitrogens with zero attached hydrogens (tertiary/aromatic N) is 5. The average Bonchev–Trinajstić information content (AvgIpc) is 2.92. The lowest BCUT2D eigenvalue weighted by atomic mass is 10.2. The van der Waals surface area contributed by atoms with Crippen molar-refractivity contribution >= 4 is 34.4 Å². The summed E-state index contributed by atoms with van der Waals surface area (Å²) in [6.07, 6.45) is 0.971. The third-order valence-electron chi connectivity index (χ3n) is 2.94. The van der Waals surface area contributed by atoms with Gasteiger partial charge in [-0.25, -0.2) is 4.68 Å². The molecule has 114 valence electrons. The summed E-state index contributed by atoms with van der Waals surface area (Å²) in [5.74, 6) is 1.79. The van der Waals surface area contributed by atoms with E-state index < -0.39 is 0 Å². The molecule has 0 unspecified atom stereocenters. The quantitative estimate of drug-likeness (QED) is 0.417. The zero-order valence-electron chi connectivity index (χ0n) is 11.9. The van der Waals surface area contributed by atoms with Crippen LogP contribution in [0.4, 0.5) is 0 Å². The molecule has 0 radical (unpaired) electrons. The second-order valence-electron chi connectivity index (χ2n) is 4.53. The summed E-state index contributed by atoms with van der Waals surface area (Å²) < 4.78 is 1.65. The van der Waals surface area contributed by atoms with Gasteiger partial charge in [0.05, 0.1) is 10.9 Å². The van der Waals surface area contributed by atoms with Crippen LogP contribution in [-0.2, 0) is 7.05 Å². The molecule has 0 saturated carbocycles. The van der Waals surface area contributed by atoms with Crippen LogP contribution in [0.1, 0.15) is 6.42 Å². The molecule has 0 bridgehead atoms. The Balaban J connectivity index is 1.54. The van der Waals surface area contributed by atoms with Gasteiger partial charge in [0.2, 0.25) is 5.16 Å². The van der Waals surface area contributed by atoms with Gasteiger partial charge in [-0.3, -0.25) is 4.79 Å². The first kappa shape index (κ1) is 15.0. The predicted octanol–water partition coefficient (Wildman–Crippen LogP) is 1.72. The Labute approximate surface area is 134 Å². The highest BCUT2D eigenvalue weighted by atomic mass is 32.2. The molecular formula is C13H14N6OS2. The van der Waals surface area contributed by atoms with Crippen molar-refractivity contribution in [3.05, 3.63) is 34.6 Å². The summed E-state index contributed by atoms with van der Waals surface area (Å²) in [6, 6.07) is 7.41. The van der Waals surface area contributed by atoms with Crippen molar-refractivity contribution in [2.45, 2.75) is 16.7 Å². The van der Waals surface area contributed by atoms with E-state index in [1.807, 2.05) is 25.2 Å². The number of para-hydroxylation sites is 1. The number of aromatic amines is 1. The molecule has 0 aliphatic rings. The number of aryl methyl sites for hydroxylation is 1. The molecule has 0 amide bonds. The Bertz CT molecular complexity index is 831. The molecule has 2 heterocycles. The number of aromatic nitrogens is 6. The Morgan fingerprint density at radius 1 is 1.23 bits per heavy atom. The summed E-state index contributed by atoms with van der Waals surface area (Å²) in [4.78, 5) is 19.2. The van der Waals surface area contributed by atoms with Crippen molar-refractivity contribution in [3.63, 3.8) is 0 Å². The van der Waals surface area contributed by atoms with Gasteiger partial charge in [-0.2, -0.15) is 4.98 Å². The second kappa shape index (κ2) is 6.93. The Hall–Kier alpha value is -1.87. The molecule has 0 spiro atoms. The third kappa shape index (κ3) is 3.47. The maximum absolute atomic E-state index is 11.9. The maximum Gasteiger partial charge on any atom is 0.281 e. The van der Waals surface area contributed by atoms with Crippen LogP contribution in [0, 0.1) is 0 Å². The van der Waals surface area contributed by atoms with Crippen molar-refractivity contribution in [1.82, 2.24) is 30.2 Å². The van der Waals surface area contributed by atoms with Crippen molar-refractivity contribution < 1.29 is 0 Å². The molecule has 2 aromatic heterocycles. The normalized spacial score (nSPS) is 11.1. The minimum Gasteiger partial charge on any atom is -0.334 e. The fourth-order valence-electron chi connectivity index (χ4n) is 1.88. The third-order valence-corrected chi connectivity index (χ3v) is 5.00. The van der Waals surface area contributed by atoms with Crippen LogP contribution in [0.5, 0.6) is 0 Å². The fourth-order valence-corrected chi connectivity index (χ4v) is 3.66. The van der Waals surface area contributed by atoms with E-state index in [-0.39, 0.29) is 5.56 Å². The van der Waals surface area contributed by atoms with Crippen molar-refractivity contribution in [2.75, 3.05) is 11.5 Å². The van der Waals surface area contributed by atoms with E-state index in [9.17, 15) is 4.79 Å². The number of fused-ring (bicyclic) bond motifs is 1. The Morgan fingerprint density at radius 3 is 2.86 bits per heavy atom. The number of H-pyrrole nitrogens is 1. The topological polar surface area (TPSA) is 89.3 Å². The molecule has 22 heavy (non-hydrogen) atoms. The number of hydrogen-bond donors (Lipinski definition) is 1. The molecule has 1 N–H and O–H groups in total. The van der Waals surface area contributed by atoms with Gasteiger partial charge in [0.15, 0.2) is 5.16 Å². The molecule has 0 fully saturated rings. The maximum atomic E-state index is 11.9. The number of hydrogen-bond acceptors (Lipinski definition) is 7. The minimum absolute atomic E-state index is 0.184. The standard InChI is InChI=1S/C13H14N6OS2/c1-19-13(16-17-18-19)22-8-4-7-21-12-14-10-6-3-2-5-9(10)11(20)15-12/h2-3,5-6H,4,7-8H2,1H3,(H,14,15,20). The Morgan fingerprint density at radius 2 is 2.05 bits per heavy atom.